The zero-order valence-electron chi connectivity index (χ0n) is 12.6. The molecule has 0 amide bonds. The van der Waals surface area contributed by atoms with E-state index in [1.54, 1.807) is 7.11 Å². The number of hydrogen-bond acceptors (Lipinski definition) is 3. The predicted molar refractivity (Wildman–Crippen MR) is 81.5 cm³/mol. The van der Waals surface area contributed by atoms with E-state index in [1.165, 1.54) is 0 Å². The maximum Gasteiger partial charge on any atom is 0.119 e. The molecule has 0 bridgehead atoms. The highest BCUT2D eigenvalue weighted by Gasteiger charge is 2.19. The van der Waals surface area contributed by atoms with Gasteiger partial charge in [0.15, 0.2) is 0 Å². The standard InChI is InChI=1S/C16H23N3O/c1-11(2)14(8-17)16-9-18-10-19(16)15-6-5-13(20-4)7-12(15)3/h5-7,9-11,14H,8,17H2,1-4H3. The van der Waals surface area contributed by atoms with Crippen LogP contribution in [0.5, 0.6) is 5.75 Å². The Morgan fingerprint density at radius 1 is 1.35 bits per heavy atom. The molecule has 2 aromatic rings. The van der Waals surface area contributed by atoms with Crippen molar-refractivity contribution in [1.29, 1.82) is 0 Å². The van der Waals surface area contributed by atoms with E-state index in [0.29, 0.717) is 18.4 Å². The first kappa shape index (κ1) is 14.6. The lowest BCUT2D eigenvalue weighted by Gasteiger charge is -2.21. The summed E-state index contributed by atoms with van der Waals surface area (Å²) >= 11 is 0. The molecule has 20 heavy (non-hydrogen) atoms. The number of ether oxygens (including phenoxy) is 1. The molecule has 1 aromatic heterocycles. The van der Waals surface area contributed by atoms with Gasteiger partial charge in [-0.1, -0.05) is 13.8 Å². The minimum atomic E-state index is 0.305. The minimum absolute atomic E-state index is 0.305. The Labute approximate surface area is 120 Å². The molecule has 1 unspecified atom stereocenters. The van der Waals surface area contributed by atoms with Gasteiger partial charge >= 0.3 is 0 Å². The number of methoxy groups -OCH3 is 1. The number of hydrogen-bond donors (Lipinski definition) is 1. The number of benzene rings is 1. The normalized spacial score (nSPS) is 12.7. The van der Waals surface area contributed by atoms with E-state index in [4.69, 9.17) is 10.5 Å². The van der Waals surface area contributed by atoms with Gasteiger partial charge in [-0.25, -0.2) is 4.98 Å². The van der Waals surface area contributed by atoms with Crippen LogP contribution in [-0.2, 0) is 0 Å². The third kappa shape index (κ3) is 2.70. The van der Waals surface area contributed by atoms with Crippen molar-refractivity contribution in [2.24, 2.45) is 11.7 Å². The monoisotopic (exact) mass is 273 g/mol. The number of rotatable bonds is 5. The number of aromatic nitrogens is 2. The Bertz CT molecular complexity index is 575. The van der Waals surface area contributed by atoms with Crippen LogP contribution in [0.15, 0.2) is 30.7 Å². The summed E-state index contributed by atoms with van der Waals surface area (Å²) in [5, 5.41) is 0. The fourth-order valence-electron chi connectivity index (χ4n) is 2.54. The summed E-state index contributed by atoms with van der Waals surface area (Å²) in [5.74, 6) is 1.65. The molecule has 4 nitrogen and oxygen atoms in total. The topological polar surface area (TPSA) is 53.1 Å². The summed E-state index contributed by atoms with van der Waals surface area (Å²) in [7, 11) is 1.68. The highest BCUT2D eigenvalue weighted by molar-refractivity contribution is 5.46. The van der Waals surface area contributed by atoms with Crippen molar-refractivity contribution in [2.75, 3.05) is 13.7 Å². The maximum atomic E-state index is 5.93. The molecular formula is C16H23N3O. The van der Waals surface area contributed by atoms with Crippen molar-refractivity contribution < 1.29 is 4.74 Å². The fraction of sp³-hybridized carbons (Fsp3) is 0.438. The second-order valence-electron chi connectivity index (χ2n) is 5.43. The lowest BCUT2D eigenvalue weighted by Crippen LogP contribution is -2.20. The van der Waals surface area contributed by atoms with Crippen LogP contribution in [0.1, 0.15) is 31.0 Å². The van der Waals surface area contributed by atoms with E-state index in [9.17, 15) is 0 Å². The van der Waals surface area contributed by atoms with Gasteiger partial charge in [0.05, 0.1) is 13.4 Å². The highest BCUT2D eigenvalue weighted by atomic mass is 16.5. The summed E-state index contributed by atoms with van der Waals surface area (Å²) in [4.78, 5) is 4.31. The summed E-state index contributed by atoms with van der Waals surface area (Å²) < 4.78 is 7.39. The van der Waals surface area contributed by atoms with Gasteiger partial charge in [0, 0.05) is 30.0 Å². The van der Waals surface area contributed by atoms with Crippen molar-refractivity contribution in [2.45, 2.75) is 26.7 Å². The number of nitrogens with two attached hydrogens (primary N) is 1. The number of aryl methyl sites for hydroxylation is 1. The molecule has 2 N–H and O–H groups in total. The molecule has 1 aromatic carbocycles. The molecule has 1 atom stereocenters. The Balaban J connectivity index is 2.46. The highest BCUT2D eigenvalue weighted by Crippen LogP contribution is 2.28. The van der Waals surface area contributed by atoms with E-state index in [1.807, 2.05) is 24.7 Å². The van der Waals surface area contributed by atoms with Crippen LogP contribution >= 0.6 is 0 Å². The number of nitrogens with zero attached hydrogens (tertiary/aromatic N) is 2. The Kier molecular flexibility index (Phi) is 4.45. The zero-order valence-corrected chi connectivity index (χ0v) is 12.6. The second-order valence-corrected chi connectivity index (χ2v) is 5.43. The Hall–Kier alpha value is -1.81. The molecule has 0 radical (unpaired) electrons. The van der Waals surface area contributed by atoms with Gasteiger partial charge in [-0.15, -0.1) is 0 Å². The molecule has 4 heteroatoms. The smallest absolute Gasteiger partial charge is 0.119 e. The molecule has 1 heterocycles. The average molecular weight is 273 g/mol. The summed E-state index contributed by atoms with van der Waals surface area (Å²) in [6, 6.07) is 6.07. The van der Waals surface area contributed by atoms with Crippen LogP contribution in [0.3, 0.4) is 0 Å². The quantitative estimate of drug-likeness (QED) is 0.911. The van der Waals surface area contributed by atoms with E-state index >= 15 is 0 Å². The van der Waals surface area contributed by atoms with Crippen molar-refractivity contribution in [3.05, 3.63) is 42.0 Å². The van der Waals surface area contributed by atoms with Crippen LogP contribution < -0.4 is 10.5 Å². The summed E-state index contributed by atoms with van der Waals surface area (Å²) in [6.45, 7) is 7.08. The molecule has 0 saturated heterocycles. The van der Waals surface area contributed by atoms with Gasteiger partial charge in [0.1, 0.15) is 5.75 Å². The molecule has 0 saturated carbocycles. The van der Waals surface area contributed by atoms with E-state index in [0.717, 1.165) is 22.7 Å². The molecule has 0 aliphatic rings. The van der Waals surface area contributed by atoms with Crippen LogP contribution in [-0.4, -0.2) is 23.2 Å². The lowest BCUT2D eigenvalue weighted by atomic mass is 9.92. The van der Waals surface area contributed by atoms with E-state index < -0.39 is 0 Å². The third-order valence-corrected chi connectivity index (χ3v) is 3.77. The molecule has 0 spiro atoms. The first-order valence-electron chi connectivity index (χ1n) is 6.95. The minimum Gasteiger partial charge on any atom is -0.497 e. The van der Waals surface area contributed by atoms with Gasteiger partial charge in [0.25, 0.3) is 0 Å². The van der Waals surface area contributed by atoms with Gasteiger partial charge in [-0.3, -0.25) is 0 Å². The summed E-state index contributed by atoms with van der Waals surface area (Å²) in [5.41, 5.74) is 9.38. The Morgan fingerprint density at radius 3 is 2.65 bits per heavy atom. The fourth-order valence-corrected chi connectivity index (χ4v) is 2.54. The molecule has 108 valence electrons. The Morgan fingerprint density at radius 2 is 2.10 bits per heavy atom. The van der Waals surface area contributed by atoms with Gasteiger partial charge in [-0.2, -0.15) is 0 Å². The molecule has 0 fully saturated rings. The lowest BCUT2D eigenvalue weighted by molar-refractivity contribution is 0.414. The van der Waals surface area contributed by atoms with Gasteiger partial charge in [0.2, 0.25) is 0 Å². The first-order chi connectivity index (χ1) is 9.58. The molecule has 0 aliphatic carbocycles. The second kappa shape index (κ2) is 6.09. The van der Waals surface area contributed by atoms with Crippen molar-refractivity contribution >= 4 is 0 Å². The SMILES string of the molecule is COc1ccc(-n2cncc2C(CN)C(C)C)c(C)c1. The van der Waals surface area contributed by atoms with Gasteiger partial charge in [-0.05, 0) is 36.6 Å². The molecule has 2 rings (SSSR count). The van der Waals surface area contributed by atoms with Crippen molar-refractivity contribution in [3.8, 4) is 11.4 Å². The van der Waals surface area contributed by atoms with Crippen LogP contribution in [0.25, 0.3) is 5.69 Å². The first-order valence-corrected chi connectivity index (χ1v) is 6.95. The van der Waals surface area contributed by atoms with E-state index in [2.05, 4.69) is 36.4 Å². The van der Waals surface area contributed by atoms with Gasteiger partial charge < -0.3 is 15.0 Å². The van der Waals surface area contributed by atoms with Crippen LogP contribution in [0.4, 0.5) is 0 Å². The predicted octanol–water partition coefficient (Wildman–Crippen LogP) is 2.89. The number of imidazole rings is 1. The van der Waals surface area contributed by atoms with Crippen LogP contribution in [0, 0.1) is 12.8 Å². The average Bonchev–Trinajstić information content (AvgIpc) is 2.88. The molecule has 0 aliphatic heterocycles. The molecular weight excluding hydrogens is 250 g/mol. The van der Waals surface area contributed by atoms with Crippen molar-refractivity contribution in [3.63, 3.8) is 0 Å². The zero-order chi connectivity index (χ0) is 14.7. The summed E-state index contributed by atoms with van der Waals surface area (Å²) in [6.07, 6.45) is 3.77. The van der Waals surface area contributed by atoms with Crippen LogP contribution in [0.2, 0.25) is 0 Å². The van der Waals surface area contributed by atoms with Crippen molar-refractivity contribution in [1.82, 2.24) is 9.55 Å². The largest absolute Gasteiger partial charge is 0.497 e. The van der Waals surface area contributed by atoms with E-state index in [-0.39, 0.29) is 0 Å². The third-order valence-electron chi connectivity index (χ3n) is 3.77. The maximum absolute atomic E-state index is 5.93.